The molecule has 1 aliphatic heterocycles. The van der Waals surface area contributed by atoms with Gasteiger partial charge in [0.1, 0.15) is 5.82 Å². The number of carbonyl (C=O) groups excluding carboxylic acids is 1. The Bertz CT molecular complexity index is 1600. The fourth-order valence-electron chi connectivity index (χ4n) is 6.35. The van der Waals surface area contributed by atoms with Gasteiger partial charge in [-0.15, -0.1) is 0 Å². The molecule has 1 saturated carbocycles. The first-order valence-electron chi connectivity index (χ1n) is 15.7. The fourth-order valence-corrected chi connectivity index (χ4v) is 6.35. The van der Waals surface area contributed by atoms with Gasteiger partial charge in [-0.05, 0) is 68.8 Å². The van der Waals surface area contributed by atoms with Crippen LogP contribution in [0.4, 0.5) is 10.6 Å². The van der Waals surface area contributed by atoms with Crippen LogP contribution in [0.15, 0.2) is 67.3 Å². The molecule has 1 aliphatic carbocycles. The summed E-state index contributed by atoms with van der Waals surface area (Å²) in [6, 6.07) is 13.7. The van der Waals surface area contributed by atoms with E-state index in [1.807, 2.05) is 48.7 Å². The molecule has 0 radical (unpaired) electrons. The molecule has 4 heterocycles. The molecule has 3 aromatic heterocycles. The molecule has 1 saturated heterocycles. The van der Waals surface area contributed by atoms with Gasteiger partial charge in [-0.1, -0.05) is 18.2 Å². The third-order valence-electron chi connectivity index (χ3n) is 9.07. The van der Waals surface area contributed by atoms with Crippen molar-refractivity contribution in [3.05, 3.63) is 78.5 Å². The van der Waals surface area contributed by atoms with Gasteiger partial charge in [-0.2, -0.15) is 0 Å². The first kappa shape index (κ1) is 30.4. The zero-order chi connectivity index (χ0) is 31.2. The van der Waals surface area contributed by atoms with E-state index in [4.69, 9.17) is 9.97 Å². The molecule has 45 heavy (non-hydrogen) atoms. The summed E-state index contributed by atoms with van der Waals surface area (Å²) >= 11 is 0. The third-order valence-corrected chi connectivity index (χ3v) is 9.07. The predicted octanol–water partition coefficient (Wildman–Crippen LogP) is 4.56. The zero-order valence-electron chi connectivity index (χ0n) is 25.7. The van der Waals surface area contributed by atoms with E-state index in [-0.39, 0.29) is 18.4 Å². The summed E-state index contributed by atoms with van der Waals surface area (Å²) in [5.74, 6) is 1.48. The lowest BCUT2D eigenvalue weighted by molar-refractivity contribution is 0.0937. The molecule has 234 valence electrons. The van der Waals surface area contributed by atoms with E-state index in [0.29, 0.717) is 30.3 Å². The van der Waals surface area contributed by atoms with Crippen molar-refractivity contribution in [2.75, 3.05) is 51.2 Å². The van der Waals surface area contributed by atoms with Crippen LogP contribution >= 0.6 is 0 Å². The van der Waals surface area contributed by atoms with E-state index in [1.54, 1.807) is 18.6 Å². The number of aromatic nitrogens is 4. The molecule has 2 fully saturated rings. The molecular formula is C34H40N8O3. The number of para-hydroxylation sites is 1. The third kappa shape index (κ3) is 7.54. The van der Waals surface area contributed by atoms with Crippen LogP contribution in [-0.2, 0) is 6.54 Å². The summed E-state index contributed by atoms with van der Waals surface area (Å²) in [6.45, 7) is 5.23. The minimum atomic E-state index is -0.944. The Kier molecular flexibility index (Phi) is 9.44. The van der Waals surface area contributed by atoms with Crippen LogP contribution in [0.1, 0.15) is 41.7 Å². The monoisotopic (exact) mass is 608 g/mol. The average Bonchev–Trinajstić information content (AvgIpc) is 3.08. The summed E-state index contributed by atoms with van der Waals surface area (Å²) in [4.78, 5) is 49.4. The highest BCUT2D eigenvalue weighted by molar-refractivity contribution is 6.07. The molecule has 1 aromatic carbocycles. The summed E-state index contributed by atoms with van der Waals surface area (Å²) in [5.41, 5.74) is 3.62. The molecular weight excluding hydrogens is 568 g/mol. The second-order valence-electron chi connectivity index (χ2n) is 12.2. The van der Waals surface area contributed by atoms with Gasteiger partial charge in [-0.25, -0.2) is 14.8 Å². The lowest BCUT2D eigenvalue weighted by Gasteiger charge is -2.33. The van der Waals surface area contributed by atoms with Crippen molar-refractivity contribution in [1.82, 2.24) is 35.1 Å². The predicted molar refractivity (Wildman–Crippen MR) is 173 cm³/mol. The van der Waals surface area contributed by atoms with Crippen molar-refractivity contribution in [2.45, 2.75) is 32.2 Å². The van der Waals surface area contributed by atoms with Crippen molar-refractivity contribution in [3.63, 3.8) is 0 Å². The largest absolute Gasteiger partial charge is 0.465 e. The Balaban J connectivity index is 1.07. The van der Waals surface area contributed by atoms with Crippen LogP contribution in [-0.4, -0.2) is 93.2 Å². The number of piperazine rings is 1. The first-order chi connectivity index (χ1) is 21.9. The smallest absolute Gasteiger partial charge is 0.407 e. The maximum absolute atomic E-state index is 13.6. The number of rotatable bonds is 9. The van der Waals surface area contributed by atoms with E-state index in [1.165, 1.54) is 4.90 Å². The number of amides is 2. The van der Waals surface area contributed by atoms with E-state index in [0.717, 1.165) is 79.8 Å². The van der Waals surface area contributed by atoms with Gasteiger partial charge in [-0.3, -0.25) is 14.8 Å². The Morgan fingerprint density at radius 2 is 1.73 bits per heavy atom. The summed E-state index contributed by atoms with van der Waals surface area (Å²) in [6.07, 6.45) is 9.39. The highest BCUT2D eigenvalue weighted by Crippen LogP contribution is 2.30. The highest BCUT2D eigenvalue weighted by atomic mass is 16.4. The van der Waals surface area contributed by atoms with Crippen LogP contribution in [0.2, 0.25) is 0 Å². The van der Waals surface area contributed by atoms with Gasteiger partial charge in [0, 0.05) is 68.8 Å². The van der Waals surface area contributed by atoms with Gasteiger partial charge in [0.25, 0.3) is 5.91 Å². The number of hydrogen-bond acceptors (Lipinski definition) is 8. The zero-order valence-corrected chi connectivity index (χ0v) is 25.7. The second kappa shape index (κ2) is 14.0. The highest BCUT2D eigenvalue weighted by Gasteiger charge is 2.26. The van der Waals surface area contributed by atoms with Crippen molar-refractivity contribution in [3.8, 4) is 11.3 Å². The Morgan fingerprint density at radius 1 is 0.956 bits per heavy atom. The van der Waals surface area contributed by atoms with Crippen LogP contribution < -0.4 is 10.2 Å². The lowest BCUT2D eigenvalue weighted by Crippen LogP contribution is -2.44. The Hall–Kier alpha value is -4.64. The van der Waals surface area contributed by atoms with Crippen molar-refractivity contribution in [1.29, 1.82) is 0 Å². The summed E-state index contributed by atoms with van der Waals surface area (Å²) < 4.78 is 0. The number of fused-ring (bicyclic) bond motifs is 1. The molecule has 6 rings (SSSR count). The van der Waals surface area contributed by atoms with E-state index in [9.17, 15) is 14.7 Å². The maximum Gasteiger partial charge on any atom is 0.407 e. The number of benzene rings is 1. The van der Waals surface area contributed by atoms with Crippen LogP contribution in [0, 0.1) is 11.8 Å². The molecule has 4 aromatic rings. The van der Waals surface area contributed by atoms with Gasteiger partial charge < -0.3 is 25.1 Å². The van der Waals surface area contributed by atoms with Gasteiger partial charge in [0.2, 0.25) is 0 Å². The molecule has 2 amide bonds. The van der Waals surface area contributed by atoms with Gasteiger partial charge in [0.15, 0.2) is 0 Å². The molecule has 11 heteroatoms. The molecule has 0 unspecified atom stereocenters. The number of nitrogens with one attached hydrogen (secondary N) is 1. The fraction of sp³-hybridized carbons (Fsp3) is 0.412. The molecule has 0 spiro atoms. The normalized spacial score (nSPS) is 18.9. The van der Waals surface area contributed by atoms with E-state index >= 15 is 0 Å². The molecule has 11 nitrogen and oxygen atoms in total. The van der Waals surface area contributed by atoms with Crippen LogP contribution in [0.25, 0.3) is 22.2 Å². The first-order valence-corrected chi connectivity index (χ1v) is 15.7. The maximum atomic E-state index is 13.6. The van der Waals surface area contributed by atoms with Gasteiger partial charge in [0.05, 0.1) is 35.2 Å². The van der Waals surface area contributed by atoms with Crippen molar-refractivity contribution in [2.24, 2.45) is 11.8 Å². The minimum absolute atomic E-state index is 0.111. The number of carboxylic acid groups (broad SMARTS) is 1. The molecule has 0 atom stereocenters. The summed E-state index contributed by atoms with van der Waals surface area (Å²) in [5, 5.41) is 13.7. The van der Waals surface area contributed by atoms with Crippen LogP contribution in [0.3, 0.4) is 0 Å². The minimum Gasteiger partial charge on any atom is -0.465 e. The number of nitrogens with zero attached hydrogens (tertiary/aromatic N) is 7. The number of likely N-dealkylation sites (N-methyl/N-ethyl adjacent to an activating group) is 1. The van der Waals surface area contributed by atoms with Crippen LogP contribution in [0.5, 0.6) is 0 Å². The molecule has 0 bridgehead atoms. The number of carbonyl (C=O) groups is 2. The molecule has 2 aliphatic rings. The Morgan fingerprint density at radius 3 is 2.44 bits per heavy atom. The SMILES string of the molecule is CN1CCN(c2ccc(-c3cc(C(=O)NC[C@H]4CC[C@H](CN(Cc5cnccn5)C(=O)O)CC4)c4ccccc4n3)cn2)CC1. The van der Waals surface area contributed by atoms with Gasteiger partial charge >= 0.3 is 6.09 Å². The average molecular weight is 609 g/mol. The van der Waals surface area contributed by atoms with Crippen molar-refractivity contribution < 1.29 is 14.7 Å². The van der Waals surface area contributed by atoms with E-state index in [2.05, 4.69) is 32.1 Å². The number of pyridine rings is 2. The molecule has 2 N–H and O–H groups in total. The number of hydrogen-bond donors (Lipinski definition) is 2. The lowest BCUT2D eigenvalue weighted by atomic mass is 9.81. The number of anilines is 1. The second-order valence-corrected chi connectivity index (χ2v) is 12.2. The summed E-state index contributed by atoms with van der Waals surface area (Å²) in [7, 11) is 2.14. The van der Waals surface area contributed by atoms with Crippen molar-refractivity contribution >= 4 is 28.7 Å². The quantitative estimate of drug-likeness (QED) is 0.281. The standard InChI is InChI=1S/C34H40N8O3/c1-40-14-16-41(17-15-40)32-11-10-26(20-37-32)31-18-29(28-4-2-3-5-30(28)39-31)33(43)38-19-24-6-8-25(9-7-24)22-42(34(44)45)23-27-21-35-12-13-36-27/h2-5,10-13,18,20-21,24-25H,6-9,14-17,19,22-23H2,1H3,(H,38,43)(H,44,45)/t24-,25-. The topological polar surface area (TPSA) is 128 Å². The Labute approximate surface area is 263 Å². The van der Waals surface area contributed by atoms with E-state index < -0.39 is 6.09 Å².